The second-order valence-corrected chi connectivity index (χ2v) is 13.5. The lowest BCUT2D eigenvalue weighted by molar-refractivity contribution is 0.669. The third-order valence-corrected chi connectivity index (χ3v) is 10.5. The van der Waals surface area contributed by atoms with Crippen LogP contribution in [0.1, 0.15) is 0 Å². The molecule has 0 unspecified atom stereocenters. The highest BCUT2D eigenvalue weighted by molar-refractivity contribution is 6.23. The van der Waals surface area contributed by atoms with E-state index in [1.165, 1.54) is 37.9 Å². The van der Waals surface area contributed by atoms with Crippen molar-refractivity contribution in [3.05, 3.63) is 176 Å². The Balaban J connectivity index is 1.14. The molecule has 0 fully saturated rings. The van der Waals surface area contributed by atoms with E-state index in [9.17, 15) is 0 Å². The molecule has 0 saturated heterocycles. The molecule has 0 saturated carbocycles. The molecule has 0 N–H and O–H groups in total. The van der Waals surface area contributed by atoms with Crippen LogP contribution in [0, 0.1) is 0 Å². The zero-order valence-corrected chi connectivity index (χ0v) is 28.5. The molecule has 0 aliphatic heterocycles. The Morgan fingerprint density at radius 1 is 0.302 bits per heavy atom. The van der Waals surface area contributed by atoms with E-state index in [-0.39, 0.29) is 0 Å². The topological polar surface area (TPSA) is 51.8 Å². The first-order chi connectivity index (χ1) is 26.3. The smallest absolute Gasteiger partial charge is 0.164 e. The largest absolute Gasteiger partial charge is 0.456 e. The molecule has 53 heavy (non-hydrogen) atoms. The minimum atomic E-state index is 0.611. The Hall–Kier alpha value is -7.17. The lowest BCUT2D eigenvalue weighted by atomic mass is 9.92. The SMILES string of the molecule is c1ccc(-c2nc(-c3ccc4oc5cc(-c6cccc7ccccc67)c6ccccc6c5c4c3)nc(-c3cccc4c3ccc3ccccc34)n2)cc1. The summed E-state index contributed by atoms with van der Waals surface area (Å²) in [5, 5.41) is 11.6. The third-order valence-electron chi connectivity index (χ3n) is 10.5. The van der Waals surface area contributed by atoms with Crippen molar-refractivity contribution < 1.29 is 4.42 Å². The van der Waals surface area contributed by atoms with Gasteiger partial charge in [0.2, 0.25) is 0 Å². The Morgan fingerprint density at radius 2 is 0.906 bits per heavy atom. The highest BCUT2D eigenvalue weighted by Crippen LogP contribution is 2.43. The number of fused-ring (bicyclic) bond motifs is 9. The van der Waals surface area contributed by atoms with Crippen molar-refractivity contribution in [2.24, 2.45) is 0 Å². The molecule has 11 aromatic rings. The van der Waals surface area contributed by atoms with Crippen LogP contribution in [0.5, 0.6) is 0 Å². The van der Waals surface area contributed by atoms with E-state index in [4.69, 9.17) is 19.4 Å². The van der Waals surface area contributed by atoms with Gasteiger partial charge in [0, 0.05) is 27.5 Å². The van der Waals surface area contributed by atoms with Crippen molar-refractivity contribution in [3.8, 4) is 45.3 Å². The maximum atomic E-state index is 6.64. The molecule has 0 amide bonds. The van der Waals surface area contributed by atoms with Gasteiger partial charge in [-0.2, -0.15) is 0 Å². The maximum Gasteiger partial charge on any atom is 0.164 e. The molecule has 2 aromatic heterocycles. The first-order valence-corrected chi connectivity index (χ1v) is 17.9. The molecule has 246 valence electrons. The minimum absolute atomic E-state index is 0.611. The van der Waals surface area contributed by atoms with Crippen molar-refractivity contribution >= 4 is 65.0 Å². The molecule has 11 rings (SSSR count). The summed E-state index contributed by atoms with van der Waals surface area (Å²) in [5.74, 6) is 1.88. The fraction of sp³-hybridized carbons (Fsp3) is 0. The molecular formula is C49H29N3O. The Labute approximate surface area is 304 Å². The first kappa shape index (κ1) is 29.5. The van der Waals surface area contributed by atoms with Crippen LogP contribution in [-0.4, -0.2) is 15.0 Å². The molecule has 0 spiro atoms. The summed E-state index contributed by atoms with van der Waals surface area (Å²) in [6, 6.07) is 61.6. The van der Waals surface area contributed by atoms with Crippen LogP contribution in [0.2, 0.25) is 0 Å². The van der Waals surface area contributed by atoms with E-state index in [2.05, 4.69) is 140 Å². The zero-order chi connectivity index (χ0) is 34.9. The van der Waals surface area contributed by atoms with Crippen molar-refractivity contribution in [1.82, 2.24) is 15.0 Å². The Kier molecular flexibility index (Phi) is 6.52. The van der Waals surface area contributed by atoms with Gasteiger partial charge >= 0.3 is 0 Å². The number of benzene rings is 9. The molecule has 2 heterocycles. The summed E-state index contributed by atoms with van der Waals surface area (Å²) in [7, 11) is 0. The van der Waals surface area contributed by atoms with Crippen LogP contribution >= 0.6 is 0 Å². The van der Waals surface area contributed by atoms with Gasteiger partial charge in [0.05, 0.1) is 0 Å². The number of nitrogens with zero attached hydrogens (tertiary/aromatic N) is 3. The van der Waals surface area contributed by atoms with Gasteiger partial charge in [-0.1, -0.05) is 152 Å². The van der Waals surface area contributed by atoms with Gasteiger partial charge in [0.1, 0.15) is 11.2 Å². The third kappa shape index (κ3) is 4.73. The second-order valence-electron chi connectivity index (χ2n) is 13.5. The average Bonchev–Trinajstić information content (AvgIpc) is 3.61. The average molecular weight is 676 g/mol. The monoisotopic (exact) mass is 675 g/mol. The van der Waals surface area contributed by atoms with Crippen LogP contribution in [-0.2, 0) is 0 Å². The van der Waals surface area contributed by atoms with E-state index >= 15 is 0 Å². The van der Waals surface area contributed by atoms with Gasteiger partial charge < -0.3 is 4.42 Å². The van der Waals surface area contributed by atoms with Gasteiger partial charge in [-0.15, -0.1) is 0 Å². The van der Waals surface area contributed by atoms with Crippen LogP contribution in [0.15, 0.2) is 180 Å². The van der Waals surface area contributed by atoms with Crippen molar-refractivity contribution in [3.63, 3.8) is 0 Å². The summed E-state index contributed by atoms with van der Waals surface area (Å²) < 4.78 is 6.64. The van der Waals surface area contributed by atoms with E-state index in [0.717, 1.165) is 55.0 Å². The molecule has 9 aromatic carbocycles. The normalized spacial score (nSPS) is 11.8. The Bertz CT molecular complexity index is 3230. The van der Waals surface area contributed by atoms with Crippen LogP contribution in [0.4, 0.5) is 0 Å². The predicted octanol–water partition coefficient (Wildman–Crippen LogP) is 13.1. The Morgan fingerprint density at radius 3 is 1.75 bits per heavy atom. The van der Waals surface area contributed by atoms with Gasteiger partial charge in [0.25, 0.3) is 0 Å². The highest BCUT2D eigenvalue weighted by Gasteiger charge is 2.19. The van der Waals surface area contributed by atoms with E-state index in [1.54, 1.807) is 0 Å². The molecule has 4 heteroatoms. The predicted molar refractivity (Wildman–Crippen MR) is 219 cm³/mol. The van der Waals surface area contributed by atoms with Crippen molar-refractivity contribution in [2.45, 2.75) is 0 Å². The van der Waals surface area contributed by atoms with Crippen molar-refractivity contribution in [2.75, 3.05) is 0 Å². The first-order valence-electron chi connectivity index (χ1n) is 17.9. The van der Waals surface area contributed by atoms with E-state index in [1.807, 2.05) is 36.4 Å². The van der Waals surface area contributed by atoms with Crippen LogP contribution in [0.3, 0.4) is 0 Å². The van der Waals surface area contributed by atoms with Gasteiger partial charge in [-0.3, -0.25) is 0 Å². The lowest BCUT2D eigenvalue weighted by Crippen LogP contribution is -2.00. The fourth-order valence-electron chi connectivity index (χ4n) is 8.04. The number of hydrogen-bond donors (Lipinski definition) is 0. The van der Waals surface area contributed by atoms with Gasteiger partial charge in [0.15, 0.2) is 17.5 Å². The van der Waals surface area contributed by atoms with Crippen molar-refractivity contribution in [1.29, 1.82) is 0 Å². The molecule has 0 aliphatic carbocycles. The minimum Gasteiger partial charge on any atom is -0.456 e. The summed E-state index contributed by atoms with van der Waals surface area (Å²) in [5.41, 5.74) is 6.82. The van der Waals surface area contributed by atoms with Gasteiger partial charge in [-0.05, 0) is 78.5 Å². The fourth-order valence-corrected chi connectivity index (χ4v) is 8.04. The maximum absolute atomic E-state index is 6.64. The number of aromatic nitrogens is 3. The molecule has 0 atom stereocenters. The number of hydrogen-bond acceptors (Lipinski definition) is 4. The standard InChI is InChI=1S/C49H29N3O/c1-2-14-32(15-3-1)47-50-48(52-49(51-47)41-23-11-22-36-35-18-7-5-13-31(35)24-26-39(36)41)33-25-27-44-43(28-33)46-40-20-9-8-19-38(40)42(29-45(46)53-44)37-21-10-16-30-12-4-6-17-34(30)37/h1-29H. The van der Waals surface area contributed by atoms with Crippen LogP contribution in [0.25, 0.3) is 110 Å². The molecule has 0 radical (unpaired) electrons. The zero-order valence-electron chi connectivity index (χ0n) is 28.5. The van der Waals surface area contributed by atoms with Crippen LogP contribution < -0.4 is 0 Å². The summed E-state index contributed by atoms with van der Waals surface area (Å²) in [6.45, 7) is 0. The molecular weight excluding hydrogens is 647 g/mol. The van der Waals surface area contributed by atoms with E-state index < -0.39 is 0 Å². The van der Waals surface area contributed by atoms with Gasteiger partial charge in [-0.25, -0.2) is 15.0 Å². The summed E-state index contributed by atoms with van der Waals surface area (Å²) >= 11 is 0. The number of rotatable bonds is 4. The number of furan rings is 1. The molecule has 4 nitrogen and oxygen atoms in total. The highest BCUT2D eigenvalue weighted by atomic mass is 16.3. The molecule has 0 bridgehead atoms. The van der Waals surface area contributed by atoms with E-state index in [0.29, 0.717) is 17.5 Å². The second kappa shape index (κ2) is 11.7. The molecule has 0 aliphatic rings. The summed E-state index contributed by atoms with van der Waals surface area (Å²) in [4.78, 5) is 15.4. The lowest BCUT2D eigenvalue weighted by Gasteiger charge is -2.12. The summed E-state index contributed by atoms with van der Waals surface area (Å²) in [6.07, 6.45) is 0. The quantitative estimate of drug-likeness (QED) is 0.174.